The van der Waals surface area contributed by atoms with Gasteiger partial charge in [-0.15, -0.1) is 11.3 Å². The van der Waals surface area contributed by atoms with Crippen molar-refractivity contribution in [3.8, 4) is 0 Å². The molecule has 2 heterocycles. The molecule has 0 aliphatic carbocycles. The molecule has 102 valence electrons. The number of methoxy groups -OCH3 is 1. The van der Waals surface area contributed by atoms with Gasteiger partial charge < -0.3 is 4.74 Å². The van der Waals surface area contributed by atoms with E-state index < -0.39 is 17.2 Å². The minimum atomic E-state index is -0.566. The van der Waals surface area contributed by atoms with Crippen LogP contribution in [0.25, 0.3) is 10.2 Å². The first kappa shape index (κ1) is 13.5. The highest BCUT2D eigenvalue weighted by atomic mass is 32.1. The Bertz CT molecular complexity index is 766. The second kappa shape index (κ2) is 4.65. The van der Waals surface area contributed by atoms with Gasteiger partial charge in [-0.1, -0.05) is 0 Å². The summed E-state index contributed by atoms with van der Waals surface area (Å²) in [6, 6.07) is -0.115. The number of rotatable bonds is 2. The van der Waals surface area contributed by atoms with Crippen molar-refractivity contribution in [2.75, 3.05) is 7.11 Å². The highest BCUT2D eigenvalue weighted by Crippen LogP contribution is 2.29. The maximum Gasteiger partial charge on any atom is 0.339 e. The van der Waals surface area contributed by atoms with Crippen LogP contribution in [0.3, 0.4) is 0 Å². The molecule has 6 nitrogen and oxygen atoms in total. The summed E-state index contributed by atoms with van der Waals surface area (Å²) in [5, 5.41) is 0.225. The molecule has 0 unspecified atom stereocenters. The summed E-state index contributed by atoms with van der Waals surface area (Å²) in [4.78, 5) is 39.0. The Morgan fingerprint density at radius 3 is 2.53 bits per heavy atom. The summed E-state index contributed by atoms with van der Waals surface area (Å²) in [5.41, 5.74) is -0.787. The van der Waals surface area contributed by atoms with E-state index in [1.54, 1.807) is 6.92 Å². The zero-order chi connectivity index (χ0) is 14.3. The van der Waals surface area contributed by atoms with Gasteiger partial charge in [-0.05, 0) is 20.8 Å². The predicted octanol–water partition coefficient (Wildman–Crippen LogP) is 1.43. The van der Waals surface area contributed by atoms with Crippen LogP contribution in [0.5, 0.6) is 0 Å². The lowest BCUT2D eigenvalue weighted by atomic mass is 10.2. The largest absolute Gasteiger partial charge is 0.465 e. The number of nitrogens with zero attached hydrogens (tertiary/aromatic N) is 1. The number of nitrogens with one attached hydrogen (secondary N) is 1. The summed E-state index contributed by atoms with van der Waals surface area (Å²) in [6.07, 6.45) is 0. The molecule has 0 spiro atoms. The van der Waals surface area contributed by atoms with E-state index >= 15 is 0 Å². The van der Waals surface area contributed by atoms with Crippen LogP contribution >= 0.6 is 11.3 Å². The van der Waals surface area contributed by atoms with Crippen LogP contribution in [0, 0.1) is 6.92 Å². The van der Waals surface area contributed by atoms with E-state index in [4.69, 9.17) is 4.74 Å². The van der Waals surface area contributed by atoms with E-state index in [2.05, 4.69) is 4.98 Å². The van der Waals surface area contributed by atoms with E-state index in [1.807, 2.05) is 13.8 Å². The number of thiophene rings is 1. The fourth-order valence-electron chi connectivity index (χ4n) is 2.04. The van der Waals surface area contributed by atoms with Crippen LogP contribution < -0.4 is 11.2 Å². The summed E-state index contributed by atoms with van der Waals surface area (Å²) < 4.78 is 6.17. The zero-order valence-electron chi connectivity index (χ0n) is 11.1. The molecule has 2 aromatic rings. The van der Waals surface area contributed by atoms with Gasteiger partial charge in [-0.2, -0.15) is 0 Å². The molecule has 1 N–H and O–H groups in total. The van der Waals surface area contributed by atoms with Gasteiger partial charge in [-0.25, -0.2) is 9.59 Å². The quantitative estimate of drug-likeness (QED) is 0.845. The number of fused-ring (bicyclic) bond motifs is 1. The zero-order valence-corrected chi connectivity index (χ0v) is 11.9. The molecular weight excluding hydrogens is 268 g/mol. The van der Waals surface area contributed by atoms with Gasteiger partial charge in [0.15, 0.2) is 0 Å². The minimum absolute atomic E-state index is 0.115. The third kappa shape index (κ3) is 1.99. The normalized spacial score (nSPS) is 11.2. The molecule has 0 radical (unpaired) electrons. The molecule has 0 atom stereocenters. The monoisotopic (exact) mass is 282 g/mol. The topological polar surface area (TPSA) is 81.2 Å². The van der Waals surface area contributed by atoms with Gasteiger partial charge in [-0.3, -0.25) is 14.3 Å². The molecule has 2 rings (SSSR count). The molecule has 0 aliphatic rings. The average molecular weight is 282 g/mol. The number of aromatic amines is 1. The first-order chi connectivity index (χ1) is 8.88. The lowest BCUT2D eigenvalue weighted by Gasteiger charge is -2.09. The maximum atomic E-state index is 12.0. The number of hydrogen-bond acceptors (Lipinski definition) is 5. The molecular formula is C12H14N2O4S. The SMILES string of the molecule is COC(=O)c1c(C)sc2c1c(=O)[nH]c(=O)n2C(C)C. The van der Waals surface area contributed by atoms with Crippen LogP contribution in [0.4, 0.5) is 0 Å². The summed E-state index contributed by atoms with van der Waals surface area (Å²) in [5.74, 6) is -0.566. The van der Waals surface area contributed by atoms with Gasteiger partial charge in [0.25, 0.3) is 5.56 Å². The van der Waals surface area contributed by atoms with E-state index in [0.29, 0.717) is 9.71 Å². The lowest BCUT2D eigenvalue weighted by molar-refractivity contribution is 0.0602. The Kier molecular flexibility index (Phi) is 3.32. The fraction of sp³-hybridized carbons (Fsp3) is 0.417. The first-order valence-electron chi connectivity index (χ1n) is 5.74. The van der Waals surface area contributed by atoms with Gasteiger partial charge in [0, 0.05) is 10.9 Å². The number of hydrogen-bond donors (Lipinski definition) is 1. The molecule has 0 saturated heterocycles. The Balaban J connectivity index is 3.01. The Hall–Kier alpha value is -1.89. The van der Waals surface area contributed by atoms with Crippen molar-refractivity contribution in [3.63, 3.8) is 0 Å². The standard InChI is InChI=1S/C12H14N2O4S/c1-5(2)14-10-8(9(15)13-12(14)17)7(6(3)19-10)11(16)18-4/h5H,1-4H3,(H,13,15,17). The van der Waals surface area contributed by atoms with E-state index in [0.717, 1.165) is 0 Å². The first-order valence-corrected chi connectivity index (χ1v) is 6.56. The molecule has 0 aromatic carbocycles. The van der Waals surface area contributed by atoms with Crippen molar-refractivity contribution in [3.05, 3.63) is 31.3 Å². The Labute approximate surface area is 112 Å². The van der Waals surface area contributed by atoms with Crippen LogP contribution in [0.2, 0.25) is 0 Å². The van der Waals surface area contributed by atoms with Gasteiger partial charge >= 0.3 is 11.7 Å². The second-order valence-electron chi connectivity index (χ2n) is 4.43. The van der Waals surface area contributed by atoms with Crippen LogP contribution in [0.15, 0.2) is 9.59 Å². The van der Waals surface area contributed by atoms with Crippen molar-refractivity contribution in [1.29, 1.82) is 0 Å². The Morgan fingerprint density at radius 2 is 2.00 bits per heavy atom. The summed E-state index contributed by atoms with van der Waals surface area (Å²) >= 11 is 1.25. The van der Waals surface area contributed by atoms with Crippen LogP contribution in [0.1, 0.15) is 35.1 Å². The fourth-order valence-corrected chi connectivity index (χ4v) is 3.31. The molecule has 0 bridgehead atoms. The number of aromatic nitrogens is 2. The van der Waals surface area contributed by atoms with E-state index in [9.17, 15) is 14.4 Å². The third-order valence-electron chi connectivity index (χ3n) is 2.86. The van der Waals surface area contributed by atoms with Crippen molar-refractivity contribution >= 4 is 27.5 Å². The molecule has 0 amide bonds. The molecule has 7 heteroatoms. The van der Waals surface area contributed by atoms with Crippen molar-refractivity contribution < 1.29 is 9.53 Å². The van der Waals surface area contributed by atoms with Gasteiger partial charge in [0.1, 0.15) is 4.83 Å². The molecule has 0 aliphatic heterocycles. The van der Waals surface area contributed by atoms with Crippen LogP contribution in [-0.2, 0) is 4.74 Å². The average Bonchev–Trinajstić information content (AvgIpc) is 2.65. The van der Waals surface area contributed by atoms with Gasteiger partial charge in [0.2, 0.25) is 0 Å². The van der Waals surface area contributed by atoms with Gasteiger partial charge in [0.05, 0.1) is 18.1 Å². The van der Waals surface area contributed by atoms with Crippen molar-refractivity contribution in [1.82, 2.24) is 9.55 Å². The number of carbonyl (C=O) groups is 1. The Morgan fingerprint density at radius 1 is 1.37 bits per heavy atom. The molecule has 0 fully saturated rings. The lowest BCUT2D eigenvalue weighted by Crippen LogP contribution is -2.31. The van der Waals surface area contributed by atoms with E-state index in [-0.39, 0.29) is 17.0 Å². The number of H-pyrrole nitrogens is 1. The molecule has 0 saturated carbocycles. The number of ether oxygens (including phenoxy) is 1. The molecule has 2 aromatic heterocycles. The number of carbonyl (C=O) groups excluding carboxylic acids is 1. The number of esters is 1. The summed E-state index contributed by atoms with van der Waals surface area (Å²) in [6.45, 7) is 5.41. The molecule has 19 heavy (non-hydrogen) atoms. The smallest absolute Gasteiger partial charge is 0.339 e. The van der Waals surface area contributed by atoms with Crippen molar-refractivity contribution in [2.45, 2.75) is 26.8 Å². The predicted molar refractivity (Wildman–Crippen MR) is 73.2 cm³/mol. The van der Waals surface area contributed by atoms with E-state index in [1.165, 1.54) is 23.0 Å². The second-order valence-corrected chi connectivity index (χ2v) is 5.63. The minimum Gasteiger partial charge on any atom is -0.465 e. The number of aryl methyl sites for hydroxylation is 1. The third-order valence-corrected chi connectivity index (χ3v) is 3.96. The van der Waals surface area contributed by atoms with Crippen molar-refractivity contribution in [2.24, 2.45) is 0 Å². The maximum absolute atomic E-state index is 12.0. The summed E-state index contributed by atoms with van der Waals surface area (Å²) in [7, 11) is 1.26. The van der Waals surface area contributed by atoms with Crippen LogP contribution in [-0.4, -0.2) is 22.6 Å². The highest BCUT2D eigenvalue weighted by molar-refractivity contribution is 7.19. The highest BCUT2D eigenvalue weighted by Gasteiger charge is 2.23.